The molecule has 0 amide bonds. The monoisotopic (exact) mass is 491 g/mol. The molecule has 0 aromatic heterocycles. The largest absolute Gasteiger partial charge is 0.309 e. The van der Waals surface area contributed by atoms with Gasteiger partial charge in [-0.1, -0.05) is 97.8 Å². The predicted octanol–water partition coefficient (Wildman–Crippen LogP) is 10.5. The Labute approximate surface area is 225 Å². The zero-order chi connectivity index (χ0) is 26.3. The molecule has 6 aromatic carbocycles. The van der Waals surface area contributed by atoms with E-state index in [-0.39, 0.29) is 5.41 Å². The number of hydrogen-bond acceptors (Lipinski definition) is 1. The minimum atomic E-state index is -0.0801. The van der Waals surface area contributed by atoms with Gasteiger partial charge in [0.1, 0.15) is 0 Å². The summed E-state index contributed by atoms with van der Waals surface area (Å²) in [5, 5.41) is 8.14. The molecule has 0 bridgehead atoms. The molecule has 0 fully saturated rings. The van der Waals surface area contributed by atoms with Crippen molar-refractivity contribution >= 4 is 49.4 Å². The number of nitrogens with zero attached hydrogens (tertiary/aromatic N) is 1. The van der Waals surface area contributed by atoms with Crippen molar-refractivity contribution in [2.24, 2.45) is 0 Å². The summed E-state index contributed by atoms with van der Waals surface area (Å²) in [4.78, 5) is 2.50. The normalized spacial score (nSPS) is 13.7. The molecule has 0 saturated heterocycles. The molecule has 38 heavy (non-hydrogen) atoms. The SMILES string of the molecule is Cc1ccc(N(c2ccc(C)cc2C)c2cc3ccc4cccc5c4c3c3c(cccc23)C5(C)C)c(C)c1. The van der Waals surface area contributed by atoms with Gasteiger partial charge in [0.25, 0.3) is 0 Å². The molecule has 1 aliphatic carbocycles. The summed E-state index contributed by atoms with van der Waals surface area (Å²) in [6.45, 7) is 13.6. The Morgan fingerprint density at radius 2 is 1.08 bits per heavy atom. The first-order valence-electron chi connectivity index (χ1n) is 13.6. The lowest BCUT2D eigenvalue weighted by Crippen LogP contribution is -2.23. The fraction of sp³-hybridized carbons (Fsp3) is 0.189. The Morgan fingerprint density at radius 3 is 1.71 bits per heavy atom. The summed E-state index contributed by atoms with van der Waals surface area (Å²) in [5.41, 5.74) is 11.6. The van der Waals surface area contributed by atoms with E-state index < -0.39 is 0 Å². The first kappa shape index (κ1) is 23.0. The van der Waals surface area contributed by atoms with Gasteiger partial charge in [-0.25, -0.2) is 0 Å². The molecule has 186 valence electrons. The lowest BCUT2D eigenvalue weighted by molar-refractivity contribution is 0.652. The maximum absolute atomic E-state index is 2.50. The highest BCUT2D eigenvalue weighted by Gasteiger charge is 2.33. The molecule has 0 spiro atoms. The summed E-state index contributed by atoms with van der Waals surface area (Å²) in [7, 11) is 0. The van der Waals surface area contributed by atoms with Crippen LogP contribution in [0.3, 0.4) is 0 Å². The topological polar surface area (TPSA) is 3.24 Å². The Balaban J connectivity index is 1.67. The fourth-order valence-electron chi connectivity index (χ4n) is 6.92. The maximum Gasteiger partial charge on any atom is 0.0546 e. The summed E-state index contributed by atoms with van der Waals surface area (Å²) < 4.78 is 0. The van der Waals surface area contributed by atoms with E-state index in [0.29, 0.717) is 0 Å². The minimum absolute atomic E-state index is 0.0801. The van der Waals surface area contributed by atoms with Crippen LogP contribution in [0.4, 0.5) is 17.1 Å². The second-order valence-corrected chi connectivity index (χ2v) is 11.7. The van der Waals surface area contributed by atoms with Crippen LogP contribution in [0.15, 0.2) is 91.0 Å². The van der Waals surface area contributed by atoms with Crippen LogP contribution in [0.5, 0.6) is 0 Å². The highest BCUT2D eigenvalue weighted by atomic mass is 15.1. The number of benzene rings is 6. The van der Waals surface area contributed by atoms with Crippen molar-refractivity contribution in [3.63, 3.8) is 0 Å². The smallest absolute Gasteiger partial charge is 0.0546 e. The predicted molar refractivity (Wildman–Crippen MR) is 165 cm³/mol. The van der Waals surface area contributed by atoms with E-state index in [9.17, 15) is 0 Å². The lowest BCUT2D eigenvalue weighted by Gasteiger charge is -2.36. The van der Waals surface area contributed by atoms with Gasteiger partial charge in [-0.15, -0.1) is 0 Å². The zero-order valence-corrected chi connectivity index (χ0v) is 23.1. The molecule has 0 atom stereocenters. The van der Waals surface area contributed by atoms with E-state index in [4.69, 9.17) is 0 Å². The van der Waals surface area contributed by atoms with Crippen LogP contribution in [0.25, 0.3) is 32.3 Å². The highest BCUT2D eigenvalue weighted by Crippen LogP contribution is 2.52. The van der Waals surface area contributed by atoms with Crippen molar-refractivity contribution in [1.29, 1.82) is 0 Å². The molecule has 0 radical (unpaired) electrons. The van der Waals surface area contributed by atoms with Crippen LogP contribution < -0.4 is 4.90 Å². The van der Waals surface area contributed by atoms with Gasteiger partial charge in [0.2, 0.25) is 0 Å². The molecule has 7 rings (SSSR count). The van der Waals surface area contributed by atoms with E-state index in [1.165, 1.54) is 82.8 Å². The Hall–Kier alpha value is -4.10. The van der Waals surface area contributed by atoms with Crippen LogP contribution >= 0.6 is 0 Å². The van der Waals surface area contributed by atoms with Gasteiger partial charge in [0.05, 0.1) is 5.69 Å². The van der Waals surface area contributed by atoms with Crippen molar-refractivity contribution in [3.05, 3.63) is 124 Å². The van der Waals surface area contributed by atoms with Gasteiger partial charge in [-0.3, -0.25) is 0 Å². The standard InChI is InChI=1S/C37H33N/c1-22-13-17-31(24(3)19-22)38(32-18-14-23(2)20-25(32)4)33-21-27-16-15-26-9-7-11-29-34(26)35(27)36-28(33)10-8-12-30(36)37(29,5)6/h7-21H,1-6H3. The average molecular weight is 492 g/mol. The number of anilines is 3. The van der Waals surface area contributed by atoms with Gasteiger partial charge in [-0.05, 0) is 95.1 Å². The fourth-order valence-corrected chi connectivity index (χ4v) is 6.92. The molecule has 1 nitrogen and oxygen atoms in total. The second-order valence-electron chi connectivity index (χ2n) is 11.7. The van der Waals surface area contributed by atoms with E-state index in [2.05, 4.69) is 137 Å². The maximum atomic E-state index is 2.50. The van der Waals surface area contributed by atoms with Crippen LogP contribution in [-0.2, 0) is 5.41 Å². The molecule has 0 heterocycles. The number of hydrogen-bond donors (Lipinski definition) is 0. The Bertz CT molecular complexity index is 1890. The second kappa shape index (κ2) is 7.95. The van der Waals surface area contributed by atoms with E-state index in [1.807, 2.05) is 0 Å². The van der Waals surface area contributed by atoms with Gasteiger partial charge in [0.15, 0.2) is 0 Å². The molecule has 0 aliphatic heterocycles. The first-order valence-corrected chi connectivity index (χ1v) is 13.6. The Kier molecular flexibility index (Phi) is 4.82. The van der Waals surface area contributed by atoms with E-state index >= 15 is 0 Å². The highest BCUT2D eigenvalue weighted by molar-refractivity contribution is 6.27. The van der Waals surface area contributed by atoms with Crippen molar-refractivity contribution in [2.75, 3.05) is 4.90 Å². The van der Waals surface area contributed by atoms with Crippen molar-refractivity contribution in [1.82, 2.24) is 0 Å². The molecule has 0 N–H and O–H groups in total. The molecular weight excluding hydrogens is 458 g/mol. The Morgan fingerprint density at radius 1 is 0.500 bits per heavy atom. The van der Waals surface area contributed by atoms with E-state index in [0.717, 1.165) is 0 Å². The van der Waals surface area contributed by atoms with Crippen molar-refractivity contribution in [2.45, 2.75) is 47.0 Å². The average Bonchev–Trinajstić information content (AvgIpc) is 2.89. The molecule has 1 aliphatic rings. The van der Waals surface area contributed by atoms with Gasteiger partial charge in [0, 0.05) is 22.2 Å². The van der Waals surface area contributed by atoms with Crippen LogP contribution in [0, 0.1) is 27.7 Å². The third-order valence-corrected chi connectivity index (χ3v) is 8.73. The third-order valence-electron chi connectivity index (χ3n) is 8.73. The van der Waals surface area contributed by atoms with Crippen LogP contribution in [0.2, 0.25) is 0 Å². The van der Waals surface area contributed by atoms with Crippen molar-refractivity contribution < 1.29 is 0 Å². The minimum Gasteiger partial charge on any atom is -0.309 e. The summed E-state index contributed by atoms with van der Waals surface area (Å²) in [5.74, 6) is 0. The molecule has 1 heteroatoms. The quantitative estimate of drug-likeness (QED) is 0.223. The van der Waals surface area contributed by atoms with Crippen LogP contribution in [0.1, 0.15) is 47.2 Å². The molecule has 0 unspecified atom stereocenters. The van der Waals surface area contributed by atoms with Gasteiger partial charge in [-0.2, -0.15) is 0 Å². The number of rotatable bonds is 3. The molecule has 6 aromatic rings. The van der Waals surface area contributed by atoms with Crippen LogP contribution in [-0.4, -0.2) is 0 Å². The van der Waals surface area contributed by atoms with Gasteiger partial charge < -0.3 is 4.90 Å². The lowest BCUT2D eigenvalue weighted by atomic mass is 9.69. The third kappa shape index (κ3) is 3.11. The van der Waals surface area contributed by atoms with Gasteiger partial charge >= 0.3 is 0 Å². The summed E-state index contributed by atoms with van der Waals surface area (Å²) in [6.07, 6.45) is 0. The zero-order valence-electron chi connectivity index (χ0n) is 23.1. The number of aryl methyl sites for hydroxylation is 4. The van der Waals surface area contributed by atoms with Crippen molar-refractivity contribution in [3.8, 4) is 0 Å². The summed E-state index contributed by atoms with van der Waals surface area (Å²) in [6, 6.07) is 34.4. The first-order chi connectivity index (χ1) is 18.3. The molecule has 0 saturated carbocycles. The molecular formula is C37H33N. The van der Waals surface area contributed by atoms with E-state index in [1.54, 1.807) is 0 Å². The summed E-state index contributed by atoms with van der Waals surface area (Å²) >= 11 is 0.